The smallest absolute Gasteiger partial charge is 0.328 e. The van der Waals surface area contributed by atoms with Crippen LogP contribution in [0.2, 0.25) is 0 Å². The Kier molecular flexibility index (Phi) is 4.85. The predicted molar refractivity (Wildman–Crippen MR) is 74.3 cm³/mol. The van der Waals surface area contributed by atoms with Crippen molar-refractivity contribution in [2.75, 3.05) is 5.32 Å². The Bertz CT molecular complexity index is 535. The topological polar surface area (TPSA) is 66.4 Å². The number of allylic oxidation sites excluding steroid dienone is 1. The van der Waals surface area contributed by atoms with Crippen molar-refractivity contribution in [1.82, 2.24) is 0 Å². The Balaban J connectivity index is 2.81. The molecule has 0 aliphatic heterocycles. The summed E-state index contributed by atoms with van der Waals surface area (Å²) in [5.41, 5.74) is 2.44. The number of carboxylic acids is 1. The van der Waals surface area contributed by atoms with Crippen LogP contribution in [0.5, 0.6) is 0 Å². The van der Waals surface area contributed by atoms with Crippen molar-refractivity contribution in [3.63, 3.8) is 0 Å². The number of hydrogen-bond donors (Lipinski definition) is 2. The Labute approximate surface area is 113 Å². The van der Waals surface area contributed by atoms with Crippen LogP contribution in [0, 0.1) is 0 Å². The van der Waals surface area contributed by atoms with Gasteiger partial charge in [-0.3, -0.25) is 4.79 Å². The van der Waals surface area contributed by atoms with E-state index in [-0.39, 0.29) is 0 Å². The number of halogens is 1. The zero-order valence-corrected chi connectivity index (χ0v) is 11.3. The summed E-state index contributed by atoms with van der Waals surface area (Å²) in [5.74, 6) is -1.66. The molecule has 0 unspecified atom stereocenters. The fraction of sp³-hybridized carbons (Fsp3) is 0.0769. The van der Waals surface area contributed by atoms with Gasteiger partial charge in [0.2, 0.25) is 5.91 Å². The molecule has 4 nitrogen and oxygen atoms in total. The second-order valence-electron chi connectivity index (χ2n) is 3.64. The van der Waals surface area contributed by atoms with Gasteiger partial charge in [0.1, 0.15) is 0 Å². The Hall–Kier alpha value is -1.88. The molecule has 1 amide bonds. The predicted octanol–water partition coefficient (Wildman–Crippen LogP) is 3.06. The van der Waals surface area contributed by atoms with Crippen LogP contribution in [0.1, 0.15) is 12.5 Å². The first kappa shape index (κ1) is 14.2. The van der Waals surface area contributed by atoms with Gasteiger partial charge in [0.25, 0.3) is 0 Å². The molecule has 5 heteroatoms. The zero-order valence-electron chi connectivity index (χ0n) is 9.74. The average molecular weight is 310 g/mol. The maximum atomic E-state index is 11.4. The van der Waals surface area contributed by atoms with Gasteiger partial charge in [-0.1, -0.05) is 28.6 Å². The standard InChI is InChI=1S/C13H12BrNO3/c1-8(2)10-4-3-9(7-11(10)14)15-12(16)5-6-13(17)18/h3-7H,1H2,2H3,(H,15,16)(H,17,18)/b6-5-. The van der Waals surface area contributed by atoms with Crippen molar-refractivity contribution in [2.24, 2.45) is 0 Å². The van der Waals surface area contributed by atoms with Gasteiger partial charge in [0.05, 0.1) is 0 Å². The lowest BCUT2D eigenvalue weighted by Gasteiger charge is -2.07. The Morgan fingerprint density at radius 1 is 1.39 bits per heavy atom. The van der Waals surface area contributed by atoms with Gasteiger partial charge < -0.3 is 10.4 Å². The van der Waals surface area contributed by atoms with Crippen LogP contribution in [-0.4, -0.2) is 17.0 Å². The van der Waals surface area contributed by atoms with E-state index in [1.54, 1.807) is 12.1 Å². The van der Waals surface area contributed by atoms with E-state index in [1.807, 2.05) is 13.0 Å². The lowest BCUT2D eigenvalue weighted by atomic mass is 10.1. The number of rotatable bonds is 4. The number of amides is 1. The van der Waals surface area contributed by atoms with Crippen molar-refractivity contribution in [3.05, 3.63) is 47.0 Å². The van der Waals surface area contributed by atoms with Gasteiger partial charge in [-0.15, -0.1) is 0 Å². The molecule has 0 aromatic heterocycles. The van der Waals surface area contributed by atoms with E-state index in [0.29, 0.717) is 5.69 Å². The van der Waals surface area contributed by atoms with E-state index in [1.165, 1.54) is 0 Å². The SMILES string of the molecule is C=C(C)c1ccc(NC(=O)/C=C\C(=O)O)cc1Br. The molecule has 0 atom stereocenters. The largest absolute Gasteiger partial charge is 0.478 e. The maximum absolute atomic E-state index is 11.4. The van der Waals surface area contributed by atoms with E-state index >= 15 is 0 Å². The van der Waals surface area contributed by atoms with Crippen LogP contribution in [0.3, 0.4) is 0 Å². The van der Waals surface area contributed by atoms with Crippen molar-refractivity contribution in [3.8, 4) is 0 Å². The number of aliphatic carboxylic acids is 1. The number of carbonyl (C=O) groups is 2. The van der Waals surface area contributed by atoms with Crippen molar-refractivity contribution < 1.29 is 14.7 Å². The van der Waals surface area contributed by atoms with Crippen molar-refractivity contribution in [2.45, 2.75) is 6.92 Å². The summed E-state index contributed by atoms with van der Waals surface area (Å²) >= 11 is 3.38. The van der Waals surface area contributed by atoms with E-state index in [2.05, 4.69) is 27.8 Å². The normalized spacial score (nSPS) is 10.3. The highest BCUT2D eigenvalue weighted by Crippen LogP contribution is 2.26. The minimum atomic E-state index is -1.16. The number of hydrogen-bond acceptors (Lipinski definition) is 2. The van der Waals surface area contributed by atoms with Gasteiger partial charge in [0.15, 0.2) is 0 Å². The zero-order chi connectivity index (χ0) is 13.7. The molecule has 2 N–H and O–H groups in total. The molecule has 0 saturated heterocycles. The first-order valence-electron chi connectivity index (χ1n) is 5.07. The molecule has 0 spiro atoms. The summed E-state index contributed by atoms with van der Waals surface area (Å²) in [6.07, 6.45) is 1.75. The third-order valence-corrected chi connectivity index (χ3v) is 2.73. The molecular weight excluding hydrogens is 298 g/mol. The number of benzene rings is 1. The first-order chi connectivity index (χ1) is 8.40. The van der Waals surface area contributed by atoms with Crippen LogP contribution in [0.15, 0.2) is 41.4 Å². The second kappa shape index (κ2) is 6.16. The Morgan fingerprint density at radius 3 is 2.56 bits per heavy atom. The van der Waals surface area contributed by atoms with Crippen molar-refractivity contribution >= 4 is 39.1 Å². The van der Waals surface area contributed by atoms with Crippen LogP contribution in [0.4, 0.5) is 5.69 Å². The maximum Gasteiger partial charge on any atom is 0.328 e. The fourth-order valence-corrected chi connectivity index (χ4v) is 1.99. The van der Waals surface area contributed by atoms with Gasteiger partial charge in [0, 0.05) is 22.3 Å². The van der Waals surface area contributed by atoms with Gasteiger partial charge in [-0.25, -0.2) is 4.79 Å². The average Bonchev–Trinajstić information content (AvgIpc) is 2.26. The molecular formula is C13H12BrNO3. The minimum absolute atomic E-state index is 0.493. The van der Waals surface area contributed by atoms with Gasteiger partial charge >= 0.3 is 5.97 Å². The minimum Gasteiger partial charge on any atom is -0.478 e. The molecule has 18 heavy (non-hydrogen) atoms. The van der Waals surface area contributed by atoms with E-state index in [9.17, 15) is 9.59 Å². The molecule has 0 heterocycles. The summed E-state index contributed by atoms with van der Waals surface area (Å²) in [6.45, 7) is 5.71. The molecule has 1 aromatic rings. The highest BCUT2D eigenvalue weighted by molar-refractivity contribution is 9.10. The highest BCUT2D eigenvalue weighted by Gasteiger charge is 2.04. The second-order valence-corrected chi connectivity index (χ2v) is 4.49. The van der Waals surface area contributed by atoms with Crippen LogP contribution in [0.25, 0.3) is 5.57 Å². The summed E-state index contributed by atoms with van der Waals surface area (Å²) < 4.78 is 0.815. The lowest BCUT2D eigenvalue weighted by Crippen LogP contribution is -2.08. The first-order valence-corrected chi connectivity index (χ1v) is 5.87. The molecule has 0 aliphatic rings. The third kappa shape index (κ3) is 4.18. The van der Waals surface area contributed by atoms with E-state index < -0.39 is 11.9 Å². The molecule has 0 saturated carbocycles. The highest BCUT2D eigenvalue weighted by atomic mass is 79.9. The quantitative estimate of drug-likeness (QED) is 0.840. The van der Waals surface area contributed by atoms with Crippen LogP contribution < -0.4 is 5.32 Å². The fourth-order valence-electron chi connectivity index (χ4n) is 1.27. The number of carboxylic acid groups (broad SMARTS) is 1. The number of anilines is 1. The molecule has 0 bridgehead atoms. The number of carbonyl (C=O) groups excluding carboxylic acids is 1. The molecule has 0 aliphatic carbocycles. The monoisotopic (exact) mass is 309 g/mol. The van der Waals surface area contributed by atoms with Crippen molar-refractivity contribution in [1.29, 1.82) is 0 Å². The molecule has 0 fully saturated rings. The van der Waals surface area contributed by atoms with Crippen LogP contribution >= 0.6 is 15.9 Å². The summed E-state index contributed by atoms with van der Waals surface area (Å²) in [6, 6.07) is 5.28. The molecule has 94 valence electrons. The van der Waals surface area contributed by atoms with Gasteiger partial charge in [-0.05, 0) is 30.2 Å². The summed E-state index contributed by atoms with van der Waals surface area (Å²) in [4.78, 5) is 21.6. The summed E-state index contributed by atoms with van der Waals surface area (Å²) in [7, 11) is 0. The van der Waals surface area contributed by atoms with Crippen LogP contribution in [-0.2, 0) is 9.59 Å². The van der Waals surface area contributed by atoms with Gasteiger partial charge in [-0.2, -0.15) is 0 Å². The molecule has 1 aromatic carbocycles. The molecule has 0 radical (unpaired) electrons. The van der Waals surface area contributed by atoms with E-state index in [0.717, 1.165) is 27.8 Å². The molecule has 1 rings (SSSR count). The van der Waals surface area contributed by atoms with E-state index in [4.69, 9.17) is 5.11 Å². The Morgan fingerprint density at radius 2 is 2.06 bits per heavy atom. The lowest BCUT2D eigenvalue weighted by molar-refractivity contribution is -0.131. The number of nitrogens with one attached hydrogen (secondary N) is 1. The summed E-state index contributed by atoms with van der Waals surface area (Å²) in [5, 5.41) is 10.9. The third-order valence-electron chi connectivity index (χ3n) is 2.07.